The third kappa shape index (κ3) is 6.10. The van der Waals surface area contributed by atoms with E-state index in [1.807, 2.05) is 20.8 Å². The molecule has 1 aliphatic heterocycles. The molecule has 1 fully saturated rings. The first-order chi connectivity index (χ1) is 9.31. The molecule has 7 nitrogen and oxygen atoms in total. The second kappa shape index (κ2) is 7.33. The topological polar surface area (TPSA) is 79.9 Å². The van der Waals surface area contributed by atoms with Crippen molar-refractivity contribution in [3.8, 4) is 0 Å². The largest absolute Gasteiger partial charge is 0.450 e. The zero-order valence-electron chi connectivity index (χ0n) is 12.7. The van der Waals surface area contributed by atoms with Crippen LogP contribution in [0.2, 0.25) is 0 Å². The molecule has 0 aromatic rings. The zero-order chi connectivity index (χ0) is 15.2. The lowest BCUT2D eigenvalue weighted by Crippen LogP contribution is -2.51. The highest BCUT2D eigenvalue weighted by atomic mass is 16.6. The van der Waals surface area contributed by atoms with Crippen molar-refractivity contribution < 1.29 is 19.1 Å². The Bertz CT molecular complexity index is 333. The van der Waals surface area contributed by atoms with Crippen molar-refractivity contribution in [2.75, 3.05) is 19.7 Å². The van der Waals surface area contributed by atoms with E-state index in [2.05, 4.69) is 10.9 Å². The van der Waals surface area contributed by atoms with Crippen LogP contribution in [0, 0.1) is 0 Å². The number of likely N-dealkylation sites (tertiary alicyclic amines) is 1. The van der Waals surface area contributed by atoms with Gasteiger partial charge in [-0.15, -0.1) is 0 Å². The van der Waals surface area contributed by atoms with Crippen LogP contribution in [0.4, 0.5) is 9.59 Å². The fourth-order valence-corrected chi connectivity index (χ4v) is 1.89. The maximum Gasteiger partial charge on any atom is 0.422 e. The summed E-state index contributed by atoms with van der Waals surface area (Å²) in [4.78, 5) is 24.7. The van der Waals surface area contributed by atoms with Gasteiger partial charge in [-0.1, -0.05) is 0 Å². The summed E-state index contributed by atoms with van der Waals surface area (Å²) >= 11 is 0. The minimum Gasteiger partial charge on any atom is -0.450 e. The molecule has 7 heteroatoms. The molecule has 0 unspecified atom stereocenters. The molecule has 2 amide bonds. The summed E-state index contributed by atoms with van der Waals surface area (Å²) in [5.74, 6) is 0. The Morgan fingerprint density at radius 3 is 2.35 bits per heavy atom. The number of hydrogen-bond acceptors (Lipinski definition) is 5. The van der Waals surface area contributed by atoms with Gasteiger partial charge >= 0.3 is 12.2 Å². The smallest absolute Gasteiger partial charge is 0.422 e. The van der Waals surface area contributed by atoms with Crippen LogP contribution < -0.4 is 10.9 Å². The van der Waals surface area contributed by atoms with E-state index in [0.29, 0.717) is 19.7 Å². The van der Waals surface area contributed by atoms with Crippen LogP contribution in [0.25, 0.3) is 0 Å². The monoisotopic (exact) mass is 287 g/mol. The Morgan fingerprint density at radius 1 is 1.25 bits per heavy atom. The van der Waals surface area contributed by atoms with Gasteiger partial charge in [0.2, 0.25) is 0 Å². The molecule has 1 heterocycles. The van der Waals surface area contributed by atoms with Gasteiger partial charge in [-0.05, 0) is 40.5 Å². The standard InChI is InChI=1S/C13H25N3O4/c1-5-19-12(18)16-8-6-10(7-9-16)14-15-11(17)20-13(2,3)4/h10,14H,5-9H2,1-4H3,(H,15,17). The van der Waals surface area contributed by atoms with Crippen LogP contribution in [0.15, 0.2) is 0 Å². The van der Waals surface area contributed by atoms with Crippen LogP contribution in [0.1, 0.15) is 40.5 Å². The Labute approximate surface area is 119 Å². The van der Waals surface area contributed by atoms with Crippen molar-refractivity contribution >= 4 is 12.2 Å². The summed E-state index contributed by atoms with van der Waals surface area (Å²) < 4.78 is 10.1. The molecule has 0 saturated carbocycles. The Morgan fingerprint density at radius 2 is 1.85 bits per heavy atom. The van der Waals surface area contributed by atoms with Gasteiger partial charge in [0, 0.05) is 19.1 Å². The van der Waals surface area contributed by atoms with Crippen molar-refractivity contribution in [1.82, 2.24) is 15.8 Å². The average molecular weight is 287 g/mol. The normalized spacial score (nSPS) is 16.7. The van der Waals surface area contributed by atoms with Crippen molar-refractivity contribution in [1.29, 1.82) is 0 Å². The molecule has 2 N–H and O–H groups in total. The van der Waals surface area contributed by atoms with Crippen molar-refractivity contribution in [2.45, 2.75) is 52.2 Å². The number of carbonyl (C=O) groups excluding carboxylic acids is 2. The van der Waals surface area contributed by atoms with E-state index in [0.717, 1.165) is 12.8 Å². The summed E-state index contributed by atoms with van der Waals surface area (Å²) in [6.45, 7) is 8.84. The number of ether oxygens (including phenoxy) is 2. The van der Waals surface area contributed by atoms with Crippen LogP contribution in [0.3, 0.4) is 0 Å². The molecule has 0 aromatic heterocycles. The van der Waals surface area contributed by atoms with E-state index in [4.69, 9.17) is 9.47 Å². The summed E-state index contributed by atoms with van der Waals surface area (Å²) in [6.07, 6.45) is 0.750. The molecular weight excluding hydrogens is 262 g/mol. The first kappa shape index (κ1) is 16.6. The Hall–Kier alpha value is -1.50. The number of hydrogen-bond donors (Lipinski definition) is 2. The molecule has 0 spiro atoms. The van der Waals surface area contributed by atoms with Crippen molar-refractivity contribution in [3.05, 3.63) is 0 Å². The van der Waals surface area contributed by atoms with Gasteiger partial charge in [0.1, 0.15) is 5.60 Å². The fourth-order valence-electron chi connectivity index (χ4n) is 1.89. The van der Waals surface area contributed by atoms with Gasteiger partial charge in [-0.25, -0.2) is 15.0 Å². The van der Waals surface area contributed by atoms with E-state index < -0.39 is 11.7 Å². The molecule has 116 valence electrons. The maximum absolute atomic E-state index is 11.5. The summed E-state index contributed by atoms with van der Waals surface area (Å²) in [6, 6.07) is 0.133. The SMILES string of the molecule is CCOC(=O)N1CCC(NNC(=O)OC(C)(C)C)CC1. The molecule has 20 heavy (non-hydrogen) atoms. The van der Waals surface area contributed by atoms with E-state index >= 15 is 0 Å². The summed E-state index contributed by atoms with van der Waals surface area (Å²) in [7, 11) is 0. The van der Waals surface area contributed by atoms with Gasteiger partial charge in [-0.3, -0.25) is 5.43 Å². The quantitative estimate of drug-likeness (QED) is 0.771. The van der Waals surface area contributed by atoms with Crippen molar-refractivity contribution in [3.63, 3.8) is 0 Å². The van der Waals surface area contributed by atoms with E-state index in [1.54, 1.807) is 11.8 Å². The van der Waals surface area contributed by atoms with Crippen molar-refractivity contribution in [2.24, 2.45) is 0 Å². The molecule has 0 aromatic carbocycles. The molecule has 0 radical (unpaired) electrons. The lowest BCUT2D eigenvalue weighted by atomic mass is 10.1. The first-order valence-electron chi connectivity index (χ1n) is 6.98. The molecule has 1 rings (SSSR count). The van der Waals surface area contributed by atoms with Gasteiger partial charge in [0.15, 0.2) is 0 Å². The zero-order valence-corrected chi connectivity index (χ0v) is 12.7. The fraction of sp³-hybridized carbons (Fsp3) is 0.846. The Balaban J connectivity index is 2.23. The minimum absolute atomic E-state index is 0.133. The highest BCUT2D eigenvalue weighted by Gasteiger charge is 2.24. The molecule has 0 aliphatic carbocycles. The maximum atomic E-state index is 11.5. The molecular formula is C13H25N3O4. The number of nitrogens with zero attached hydrogens (tertiary/aromatic N) is 1. The van der Waals surface area contributed by atoms with Gasteiger partial charge in [-0.2, -0.15) is 0 Å². The number of piperidine rings is 1. The van der Waals surface area contributed by atoms with E-state index in [1.165, 1.54) is 0 Å². The van der Waals surface area contributed by atoms with Gasteiger partial charge < -0.3 is 14.4 Å². The van der Waals surface area contributed by atoms with Gasteiger partial charge in [0.25, 0.3) is 0 Å². The molecule has 1 aliphatic rings. The summed E-state index contributed by atoms with van der Waals surface area (Å²) in [5, 5.41) is 0. The van der Waals surface area contributed by atoms with Gasteiger partial charge in [0.05, 0.1) is 6.61 Å². The number of carbonyl (C=O) groups is 2. The number of amides is 2. The number of rotatable bonds is 3. The lowest BCUT2D eigenvalue weighted by molar-refractivity contribution is 0.0469. The first-order valence-corrected chi connectivity index (χ1v) is 6.98. The average Bonchev–Trinajstić information content (AvgIpc) is 2.35. The van der Waals surface area contributed by atoms with E-state index in [9.17, 15) is 9.59 Å². The van der Waals surface area contributed by atoms with Crippen LogP contribution in [-0.4, -0.2) is 48.4 Å². The third-order valence-electron chi connectivity index (χ3n) is 2.80. The molecule has 0 bridgehead atoms. The highest BCUT2D eigenvalue weighted by molar-refractivity contribution is 5.68. The molecule has 1 saturated heterocycles. The second-order valence-corrected chi connectivity index (χ2v) is 5.73. The van der Waals surface area contributed by atoms with Crippen LogP contribution >= 0.6 is 0 Å². The Kier molecular flexibility index (Phi) is 6.06. The minimum atomic E-state index is -0.515. The third-order valence-corrected chi connectivity index (χ3v) is 2.80. The highest BCUT2D eigenvalue weighted by Crippen LogP contribution is 2.11. The summed E-state index contributed by atoms with van der Waals surface area (Å²) in [5.41, 5.74) is 4.95. The molecule has 0 atom stereocenters. The van der Waals surface area contributed by atoms with Crippen LogP contribution in [-0.2, 0) is 9.47 Å². The van der Waals surface area contributed by atoms with E-state index in [-0.39, 0.29) is 12.1 Å². The number of nitrogens with one attached hydrogen (secondary N) is 2. The van der Waals surface area contributed by atoms with Crippen LogP contribution in [0.5, 0.6) is 0 Å². The second-order valence-electron chi connectivity index (χ2n) is 5.73. The lowest BCUT2D eigenvalue weighted by Gasteiger charge is -2.31. The number of hydrazine groups is 1. The predicted molar refractivity (Wildman–Crippen MR) is 74.1 cm³/mol. The predicted octanol–water partition coefficient (Wildman–Crippen LogP) is 1.64.